The predicted octanol–water partition coefficient (Wildman–Crippen LogP) is 2.03. The van der Waals surface area contributed by atoms with E-state index in [4.69, 9.17) is 9.47 Å². The van der Waals surface area contributed by atoms with E-state index < -0.39 is 17.0 Å². The minimum atomic E-state index is -1.31. The molecule has 2 aliphatic heterocycles. The Kier molecular flexibility index (Phi) is 2.98. The smallest absolute Gasteiger partial charge is 0.344 e. The number of aldehydes is 1. The topological polar surface area (TPSA) is 52.6 Å². The maximum Gasteiger partial charge on any atom is 0.344 e. The zero-order valence-electron chi connectivity index (χ0n) is 11.2. The molecule has 2 bridgehead atoms. The fourth-order valence-corrected chi connectivity index (χ4v) is 2.86. The third-order valence-corrected chi connectivity index (χ3v) is 4.15. The summed E-state index contributed by atoms with van der Waals surface area (Å²) >= 11 is 0. The lowest BCUT2D eigenvalue weighted by Crippen LogP contribution is -2.63. The van der Waals surface area contributed by atoms with Crippen LogP contribution in [-0.4, -0.2) is 24.0 Å². The van der Waals surface area contributed by atoms with Crippen molar-refractivity contribution in [3.8, 4) is 0 Å². The summed E-state index contributed by atoms with van der Waals surface area (Å²) in [6.07, 6.45) is 4.45. The van der Waals surface area contributed by atoms with E-state index in [0.717, 1.165) is 11.8 Å². The number of benzene rings is 1. The van der Waals surface area contributed by atoms with Crippen LogP contribution in [0.15, 0.2) is 42.5 Å². The van der Waals surface area contributed by atoms with Crippen LogP contribution in [0.25, 0.3) is 0 Å². The average molecular weight is 272 g/mol. The van der Waals surface area contributed by atoms with Crippen LogP contribution in [0.5, 0.6) is 0 Å². The number of hydrogen-bond donors (Lipinski definition) is 0. The summed E-state index contributed by atoms with van der Waals surface area (Å²) in [6.45, 7) is 2.01. The molecule has 4 nitrogen and oxygen atoms in total. The fourth-order valence-electron chi connectivity index (χ4n) is 2.86. The van der Waals surface area contributed by atoms with Crippen LogP contribution in [0, 0.1) is 5.41 Å². The lowest BCUT2D eigenvalue weighted by molar-refractivity contribution is -0.209. The summed E-state index contributed by atoms with van der Waals surface area (Å²) in [5.41, 5.74) is -1.24. The van der Waals surface area contributed by atoms with Gasteiger partial charge in [0, 0.05) is 6.42 Å². The third-order valence-electron chi connectivity index (χ3n) is 4.15. The van der Waals surface area contributed by atoms with Crippen molar-refractivity contribution >= 4 is 12.3 Å². The minimum Gasteiger partial charge on any atom is -0.456 e. The molecule has 0 radical (unpaired) electrons. The number of ether oxygens (including phenoxy) is 2. The summed E-state index contributed by atoms with van der Waals surface area (Å²) < 4.78 is 11.1. The van der Waals surface area contributed by atoms with Crippen LogP contribution < -0.4 is 0 Å². The maximum atomic E-state index is 12.2. The van der Waals surface area contributed by atoms with Gasteiger partial charge in [-0.15, -0.1) is 0 Å². The number of carbonyl (C=O) groups excluding carboxylic acids is 2. The molecule has 0 amide bonds. The van der Waals surface area contributed by atoms with Crippen molar-refractivity contribution in [2.45, 2.75) is 31.7 Å². The lowest BCUT2D eigenvalue weighted by Gasteiger charge is -2.49. The van der Waals surface area contributed by atoms with Crippen molar-refractivity contribution in [1.29, 1.82) is 0 Å². The molecule has 1 aromatic carbocycles. The largest absolute Gasteiger partial charge is 0.456 e. The van der Waals surface area contributed by atoms with Crippen molar-refractivity contribution in [2.24, 2.45) is 5.41 Å². The van der Waals surface area contributed by atoms with Crippen LogP contribution in [0.4, 0.5) is 0 Å². The molecule has 3 atom stereocenters. The van der Waals surface area contributed by atoms with Gasteiger partial charge in [-0.05, 0) is 24.6 Å². The first-order valence-electron chi connectivity index (χ1n) is 6.64. The van der Waals surface area contributed by atoms with E-state index in [1.54, 1.807) is 19.1 Å². The normalized spacial score (nSPS) is 34.9. The van der Waals surface area contributed by atoms with E-state index in [9.17, 15) is 9.59 Å². The molecule has 1 saturated heterocycles. The number of esters is 1. The third kappa shape index (κ3) is 1.79. The lowest BCUT2D eigenvalue weighted by atomic mass is 9.65. The Bertz CT molecular complexity index is 565. The Hall–Kier alpha value is -1.94. The minimum absolute atomic E-state index is 0.258. The predicted molar refractivity (Wildman–Crippen MR) is 71.8 cm³/mol. The maximum absolute atomic E-state index is 12.2. The molecule has 0 unspecified atom stereocenters. The summed E-state index contributed by atoms with van der Waals surface area (Å²) in [5, 5.41) is 0. The van der Waals surface area contributed by atoms with Crippen molar-refractivity contribution < 1.29 is 19.1 Å². The van der Waals surface area contributed by atoms with Crippen molar-refractivity contribution in [3.63, 3.8) is 0 Å². The van der Waals surface area contributed by atoms with Crippen LogP contribution in [0.3, 0.4) is 0 Å². The molecule has 4 heteroatoms. The molecule has 1 fully saturated rings. The van der Waals surface area contributed by atoms with Crippen LogP contribution in [0.1, 0.15) is 18.9 Å². The molecule has 4 rings (SSSR count). The molecular formula is C16H16O4. The van der Waals surface area contributed by atoms with Gasteiger partial charge in [0.25, 0.3) is 0 Å². The van der Waals surface area contributed by atoms with Crippen LogP contribution in [-0.2, 0) is 25.7 Å². The second-order valence-corrected chi connectivity index (χ2v) is 5.55. The van der Waals surface area contributed by atoms with E-state index >= 15 is 0 Å². The number of fused-ring (bicyclic) bond motifs is 2. The Labute approximate surface area is 117 Å². The summed E-state index contributed by atoms with van der Waals surface area (Å²) in [4.78, 5) is 23.7. The average Bonchev–Trinajstić information content (AvgIpc) is 2.47. The second-order valence-electron chi connectivity index (χ2n) is 5.55. The molecule has 3 aliphatic rings. The molecule has 0 N–H and O–H groups in total. The molecule has 0 aromatic heterocycles. The first kappa shape index (κ1) is 13.1. The van der Waals surface area contributed by atoms with E-state index in [1.807, 2.05) is 30.3 Å². The highest BCUT2D eigenvalue weighted by atomic mass is 16.6. The summed E-state index contributed by atoms with van der Waals surface area (Å²) in [7, 11) is 0. The molecule has 2 heterocycles. The Morgan fingerprint density at radius 1 is 1.40 bits per heavy atom. The van der Waals surface area contributed by atoms with Crippen LogP contribution >= 0.6 is 0 Å². The Morgan fingerprint density at radius 2 is 2.15 bits per heavy atom. The van der Waals surface area contributed by atoms with Gasteiger partial charge in [0.2, 0.25) is 0 Å². The molecule has 1 aliphatic carbocycles. The number of rotatable bonds is 4. The molecule has 20 heavy (non-hydrogen) atoms. The first-order chi connectivity index (χ1) is 9.60. The zero-order chi connectivity index (χ0) is 14.2. The highest BCUT2D eigenvalue weighted by Gasteiger charge is 2.61. The highest BCUT2D eigenvalue weighted by Crippen LogP contribution is 2.47. The van der Waals surface area contributed by atoms with E-state index in [2.05, 4.69) is 0 Å². The van der Waals surface area contributed by atoms with Gasteiger partial charge < -0.3 is 14.3 Å². The zero-order valence-corrected chi connectivity index (χ0v) is 11.2. The molecule has 104 valence electrons. The summed E-state index contributed by atoms with van der Waals surface area (Å²) in [6, 6.07) is 9.55. The quantitative estimate of drug-likeness (QED) is 0.478. The highest BCUT2D eigenvalue weighted by molar-refractivity contribution is 5.90. The second kappa shape index (κ2) is 4.56. The molecular weight excluding hydrogens is 256 g/mol. The van der Waals surface area contributed by atoms with Gasteiger partial charge in [-0.25, -0.2) is 4.79 Å². The van der Waals surface area contributed by atoms with Crippen molar-refractivity contribution in [2.75, 3.05) is 0 Å². The van der Waals surface area contributed by atoms with Gasteiger partial charge in [-0.1, -0.05) is 30.3 Å². The number of hydrogen-bond acceptors (Lipinski definition) is 4. The van der Waals surface area contributed by atoms with Gasteiger partial charge in [0.05, 0.1) is 12.0 Å². The Morgan fingerprint density at radius 3 is 2.80 bits per heavy atom. The monoisotopic (exact) mass is 272 g/mol. The van der Waals surface area contributed by atoms with Crippen molar-refractivity contribution in [3.05, 3.63) is 48.0 Å². The number of carbonyl (C=O) groups is 2. The summed E-state index contributed by atoms with van der Waals surface area (Å²) in [5.74, 6) is -0.471. The van der Waals surface area contributed by atoms with Gasteiger partial charge >= 0.3 is 5.97 Å². The Balaban J connectivity index is 1.90. The van der Waals surface area contributed by atoms with E-state index in [1.165, 1.54) is 0 Å². The first-order valence-corrected chi connectivity index (χ1v) is 6.64. The van der Waals surface area contributed by atoms with Gasteiger partial charge in [-0.3, -0.25) is 0 Å². The van der Waals surface area contributed by atoms with Crippen LogP contribution in [0.2, 0.25) is 0 Å². The van der Waals surface area contributed by atoms with E-state index in [-0.39, 0.29) is 12.7 Å². The van der Waals surface area contributed by atoms with Gasteiger partial charge in [0.1, 0.15) is 12.4 Å². The SMILES string of the molecule is C[C@]1(C=O)C[C@H]2C=C[C@]1(OCc1ccccc1)C(=O)O2. The molecule has 0 spiro atoms. The fraction of sp³-hybridized carbons (Fsp3) is 0.375. The van der Waals surface area contributed by atoms with Gasteiger partial charge in [0.15, 0.2) is 5.60 Å². The molecule has 0 saturated carbocycles. The van der Waals surface area contributed by atoms with Crippen molar-refractivity contribution in [1.82, 2.24) is 0 Å². The molecule has 1 aromatic rings. The van der Waals surface area contributed by atoms with E-state index in [0.29, 0.717) is 6.42 Å². The van der Waals surface area contributed by atoms with Gasteiger partial charge in [-0.2, -0.15) is 0 Å². The standard InChI is InChI=1S/C16H16O4/c1-15(11-17)9-13-7-8-16(15,14(18)20-13)19-10-12-5-3-2-4-6-12/h2-8,11,13H,9-10H2,1H3/t13-,15-,16+/m1/s1.